The average Bonchev–Trinajstić information content (AvgIpc) is 3.38. The van der Waals surface area contributed by atoms with E-state index < -0.39 is 10.8 Å². The highest BCUT2D eigenvalue weighted by Crippen LogP contribution is 2.27. The zero-order valence-corrected chi connectivity index (χ0v) is 20.5. The van der Waals surface area contributed by atoms with Crippen molar-refractivity contribution in [3.63, 3.8) is 0 Å². The minimum Gasteiger partial charge on any atom is -0.493 e. The number of benzene rings is 2. The Morgan fingerprint density at radius 1 is 1.06 bits per heavy atom. The molecule has 3 aromatic rings. The zero-order valence-electron chi connectivity index (χ0n) is 19.6. The first-order chi connectivity index (χ1) is 17.4. The first-order valence-corrected chi connectivity index (χ1v) is 12.4. The van der Waals surface area contributed by atoms with E-state index in [2.05, 4.69) is 15.6 Å². The third-order valence-electron chi connectivity index (χ3n) is 5.92. The van der Waals surface area contributed by atoms with Gasteiger partial charge in [-0.1, -0.05) is 31.0 Å². The Kier molecular flexibility index (Phi) is 8.11. The summed E-state index contributed by atoms with van der Waals surface area (Å²) >= 11 is 1.32. The molecule has 2 atom stereocenters. The van der Waals surface area contributed by atoms with Crippen molar-refractivity contribution >= 4 is 28.8 Å². The van der Waals surface area contributed by atoms with Gasteiger partial charge in [0.2, 0.25) is 0 Å². The molecule has 2 aromatic carbocycles. The third-order valence-corrected chi connectivity index (χ3v) is 6.75. The van der Waals surface area contributed by atoms with Crippen molar-refractivity contribution in [2.75, 3.05) is 7.11 Å². The monoisotopic (exact) mass is 510 g/mol. The molecule has 0 saturated heterocycles. The van der Waals surface area contributed by atoms with Crippen LogP contribution < -0.4 is 20.1 Å². The van der Waals surface area contributed by atoms with Gasteiger partial charge in [0.25, 0.3) is 17.5 Å². The number of rotatable bonds is 9. The lowest BCUT2D eigenvalue weighted by Crippen LogP contribution is -2.53. The van der Waals surface area contributed by atoms with E-state index in [1.165, 1.54) is 35.6 Å². The summed E-state index contributed by atoms with van der Waals surface area (Å²) in [5.41, 5.74) is 0.345. The van der Waals surface area contributed by atoms with Crippen LogP contribution >= 0.6 is 11.3 Å². The molecule has 1 aliphatic rings. The van der Waals surface area contributed by atoms with Crippen LogP contribution in [0.25, 0.3) is 0 Å². The van der Waals surface area contributed by atoms with Crippen LogP contribution in [0.4, 0.5) is 5.69 Å². The number of ether oxygens (including phenoxy) is 2. The number of para-hydroxylation sites is 2. The number of methoxy groups -OCH3 is 1. The number of nitro benzene ring substituents is 1. The Bertz CT molecular complexity index is 1250. The van der Waals surface area contributed by atoms with Crippen LogP contribution in [0.1, 0.15) is 51.5 Å². The maximum Gasteiger partial charge on any atom is 0.271 e. The number of carbonyl (C=O) groups is 2. The Hall–Kier alpha value is -3.99. The number of nitrogens with one attached hydrogen (secondary N) is 2. The van der Waals surface area contributed by atoms with Crippen molar-refractivity contribution in [2.24, 2.45) is 0 Å². The molecule has 0 spiro atoms. The van der Waals surface area contributed by atoms with Gasteiger partial charge >= 0.3 is 0 Å². The van der Waals surface area contributed by atoms with Crippen molar-refractivity contribution in [3.8, 4) is 11.5 Å². The molecule has 36 heavy (non-hydrogen) atoms. The van der Waals surface area contributed by atoms with Gasteiger partial charge in [0.1, 0.15) is 17.3 Å². The number of amides is 2. The van der Waals surface area contributed by atoms with Crippen LogP contribution in [0, 0.1) is 10.1 Å². The number of nitrogens with zero attached hydrogens (tertiary/aromatic N) is 2. The van der Waals surface area contributed by atoms with E-state index in [-0.39, 0.29) is 41.5 Å². The van der Waals surface area contributed by atoms with Gasteiger partial charge in [-0.15, -0.1) is 11.3 Å². The highest BCUT2D eigenvalue weighted by molar-refractivity contribution is 7.09. The number of aromatic nitrogens is 1. The predicted octanol–water partition coefficient (Wildman–Crippen LogP) is 4.11. The van der Waals surface area contributed by atoms with Gasteiger partial charge in [0, 0.05) is 35.2 Å². The van der Waals surface area contributed by atoms with E-state index in [0.717, 1.165) is 12.8 Å². The smallest absolute Gasteiger partial charge is 0.271 e. The second kappa shape index (κ2) is 11.6. The Labute approximate surface area is 211 Å². The fourth-order valence-electron chi connectivity index (χ4n) is 4.09. The van der Waals surface area contributed by atoms with E-state index in [1.54, 1.807) is 24.6 Å². The molecule has 0 bridgehead atoms. The molecule has 1 fully saturated rings. The second-order valence-electron chi connectivity index (χ2n) is 8.32. The summed E-state index contributed by atoms with van der Waals surface area (Å²) < 4.78 is 11.1. The molecule has 1 saturated carbocycles. The van der Waals surface area contributed by atoms with Crippen molar-refractivity contribution in [3.05, 3.63) is 80.3 Å². The maximum absolute atomic E-state index is 12.9. The molecule has 1 aromatic heterocycles. The highest BCUT2D eigenvalue weighted by Gasteiger charge is 2.29. The van der Waals surface area contributed by atoms with Crippen LogP contribution in [0.5, 0.6) is 11.5 Å². The number of hydrogen-bond donors (Lipinski definition) is 2. The van der Waals surface area contributed by atoms with E-state index in [0.29, 0.717) is 29.3 Å². The van der Waals surface area contributed by atoms with E-state index >= 15 is 0 Å². The number of hydrogen-bond acceptors (Lipinski definition) is 8. The molecule has 2 N–H and O–H groups in total. The van der Waals surface area contributed by atoms with Gasteiger partial charge in [0.15, 0.2) is 11.5 Å². The van der Waals surface area contributed by atoms with Crippen molar-refractivity contribution in [1.82, 2.24) is 15.6 Å². The van der Waals surface area contributed by atoms with E-state index in [4.69, 9.17) is 9.47 Å². The molecule has 0 radical (unpaired) electrons. The zero-order chi connectivity index (χ0) is 25.5. The highest BCUT2D eigenvalue weighted by atomic mass is 32.1. The molecule has 4 rings (SSSR count). The molecule has 1 heterocycles. The average molecular weight is 511 g/mol. The summed E-state index contributed by atoms with van der Waals surface area (Å²) in [6.45, 7) is 0.198. The van der Waals surface area contributed by atoms with Gasteiger partial charge in [-0.25, -0.2) is 4.98 Å². The van der Waals surface area contributed by atoms with Crippen molar-refractivity contribution in [1.29, 1.82) is 0 Å². The SMILES string of the molecule is COc1ccccc1OCc1nc(C(=O)NC2CCCCC2NC(=O)c2cccc([N+](=O)[O-])c2)cs1. The van der Waals surface area contributed by atoms with Crippen LogP contribution in [0.15, 0.2) is 53.9 Å². The maximum atomic E-state index is 12.9. The lowest BCUT2D eigenvalue weighted by molar-refractivity contribution is -0.384. The molecule has 2 unspecified atom stereocenters. The number of thiazole rings is 1. The fourth-order valence-corrected chi connectivity index (χ4v) is 4.78. The van der Waals surface area contributed by atoms with Gasteiger partial charge in [-0.3, -0.25) is 19.7 Å². The molecule has 188 valence electrons. The lowest BCUT2D eigenvalue weighted by atomic mass is 9.90. The second-order valence-corrected chi connectivity index (χ2v) is 9.26. The minimum atomic E-state index is -0.538. The van der Waals surface area contributed by atoms with E-state index in [9.17, 15) is 19.7 Å². The Balaban J connectivity index is 1.36. The quantitative estimate of drug-likeness (QED) is 0.327. The first kappa shape index (κ1) is 25.1. The summed E-state index contributed by atoms with van der Waals surface area (Å²) in [6.07, 6.45) is 3.23. The van der Waals surface area contributed by atoms with Crippen molar-refractivity contribution in [2.45, 2.75) is 44.4 Å². The molecule has 0 aliphatic heterocycles. The summed E-state index contributed by atoms with van der Waals surface area (Å²) in [5, 5.41) is 19.3. The van der Waals surface area contributed by atoms with Gasteiger partial charge < -0.3 is 20.1 Å². The normalized spacial score (nSPS) is 17.1. The first-order valence-electron chi connectivity index (χ1n) is 11.5. The summed E-state index contributed by atoms with van der Waals surface area (Å²) in [4.78, 5) is 40.5. The molecule has 11 heteroatoms. The molecular weight excluding hydrogens is 484 g/mol. The van der Waals surface area contributed by atoms with Gasteiger partial charge in [-0.05, 0) is 31.0 Å². The number of carbonyl (C=O) groups excluding carboxylic acids is 2. The summed E-state index contributed by atoms with van der Waals surface area (Å²) in [7, 11) is 1.57. The molecule has 2 amide bonds. The minimum absolute atomic E-state index is 0.148. The van der Waals surface area contributed by atoms with Crippen LogP contribution in [0.2, 0.25) is 0 Å². The largest absolute Gasteiger partial charge is 0.493 e. The molecule has 1 aliphatic carbocycles. The third kappa shape index (κ3) is 6.16. The van der Waals surface area contributed by atoms with Crippen LogP contribution in [-0.4, -0.2) is 40.9 Å². The van der Waals surface area contributed by atoms with Crippen LogP contribution in [0.3, 0.4) is 0 Å². The standard InChI is InChI=1S/C25H26N4O6S/c1-34-21-11-4-5-12-22(21)35-14-23-26-20(15-36-23)25(31)28-19-10-3-2-9-18(19)27-24(30)16-7-6-8-17(13-16)29(32)33/h4-8,11-13,15,18-19H,2-3,9-10,14H2,1H3,(H,27,30)(H,28,31). The van der Waals surface area contributed by atoms with Gasteiger partial charge in [-0.2, -0.15) is 0 Å². The number of nitro groups is 1. The molecular formula is C25H26N4O6S. The fraction of sp³-hybridized carbons (Fsp3) is 0.320. The summed E-state index contributed by atoms with van der Waals surface area (Å²) in [6, 6.07) is 12.3. The van der Waals surface area contributed by atoms with Crippen molar-refractivity contribution < 1.29 is 24.0 Å². The van der Waals surface area contributed by atoms with Gasteiger partial charge in [0.05, 0.1) is 12.0 Å². The topological polar surface area (TPSA) is 133 Å². The predicted molar refractivity (Wildman–Crippen MR) is 134 cm³/mol. The lowest BCUT2D eigenvalue weighted by Gasteiger charge is -2.32. The Morgan fingerprint density at radius 3 is 2.44 bits per heavy atom. The number of non-ortho nitro benzene ring substituents is 1. The summed E-state index contributed by atoms with van der Waals surface area (Å²) in [5.74, 6) is 0.471. The Morgan fingerprint density at radius 2 is 1.75 bits per heavy atom. The van der Waals surface area contributed by atoms with E-state index in [1.807, 2.05) is 12.1 Å². The van der Waals surface area contributed by atoms with Crippen LogP contribution in [-0.2, 0) is 6.61 Å². The molecule has 10 nitrogen and oxygen atoms in total.